The van der Waals surface area contributed by atoms with Gasteiger partial charge in [0, 0.05) is 15.1 Å². The third kappa shape index (κ3) is 2.42. The van der Waals surface area contributed by atoms with Gasteiger partial charge in [-0.1, -0.05) is 22.0 Å². The molecule has 0 aliphatic heterocycles. The van der Waals surface area contributed by atoms with Gasteiger partial charge in [0.2, 0.25) is 0 Å². The minimum Gasteiger partial charge on any atom is -0.175 e. The molecule has 3 heteroatoms. The number of halogens is 1. The monoisotopic (exact) mass is 248 g/mol. The Morgan fingerprint density at radius 2 is 2.27 bits per heavy atom. The Hall–Kier alpha value is 0.400. The van der Waals surface area contributed by atoms with E-state index in [0.717, 1.165) is 10.2 Å². The molecule has 0 aliphatic carbocycles. The summed E-state index contributed by atoms with van der Waals surface area (Å²) in [6.45, 7) is 0. The van der Waals surface area contributed by atoms with Gasteiger partial charge in [-0.3, -0.25) is 0 Å². The molecule has 60 valence electrons. The highest BCUT2D eigenvalue weighted by molar-refractivity contribution is 9.10. The van der Waals surface area contributed by atoms with Crippen LogP contribution in [-0.4, -0.2) is 6.26 Å². The maximum absolute atomic E-state index is 4.21. The van der Waals surface area contributed by atoms with Gasteiger partial charge in [0.1, 0.15) is 0 Å². The van der Waals surface area contributed by atoms with Crippen LogP contribution in [0.2, 0.25) is 0 Å². The normalized spacial score (nSPS) is 10.1. The molecule has 0 N–H and O–H groups in total. The van der Waals surface area contributed by atoms with E-state index in [2.05, 4.69) is 53.0 Å². The van der Waals surface area contributed by atoms with Crippen LogP contribution in [0, 0.1) is 0 Å². The van der Waals surface area contributed by atoms with Gasteiger partial charge in [-0.15, -0.1) is 11.8 Å². The standard InChI is InChI=1S/C8H9BrS2/c1-11-7-3-2-6(5-10)8(9)4-7/h2-4,10H,5H2,1H3. The molecule has 0 spiro atoms. The zero-order chi connectivity index (χ0) is 8.27. The number of thioether (sulfide) groups is 1. The van der Waals surface area contributed by atoms with Crippen molar-refractivity contribution in [3.05, 3.63) is 28.2 Å². The van der Waals surface area contributed by atoms with Crippen LogP contribution in [0.25, 0.3) is 0 Å². The molecule has 0 amide bonds. The van der Waals surface area contributed by atoms with Gasteiger partial charge in [0.05, 0.1) is 0 Å². The smallest absolute Gasteiger partial charge is 0.0226 e. The van der Waals surface area contributed by atoms with Gasteiger partial charge in [-0.05, 0) is 24.0 Å². The van der Waals surface area contributed by atoms with E-state index in [0.29, 0.717) is 0 Å². The Morgan fingerprint density at radius 1 is 1.55 bits per heavy atom. The number of hydrogen-bond donors (Lipinski definition) is 1. The molecule has 0 atom stereocenters. The predicted octanol–water partition coefficient (Wildman–Crippen LogP) is 3.60. The van der Waals surface area contributed by atoms with Crippen molar-refractivity contribution in [1.82, 2.24) is 0 Å². The van der Waals surface area contributed by atoms with Gasteiger partial charge in [-0.2, -0.15) is 12.6 Å². The second-order valence-electron chi connectivity index (χ2n) is 2.12. The molecule has 1 aromatic carbocycles. The Kier molecular flexibility index (Phi) is 3.82. The molecule has 0 saturated heterocycles. The summed E-state index contributed by atoms with van der Waals surface area (Å²) < 4.78 is 1.15. The van der Waals surface area contributed by atoms with Gasteiger partial charge >= 0.3 is 0 Å². The number of benzene rings is 1. The maximum Gasteiger partial charge on any atom is 0.0226 e. The summed E-state index contributed by atoms with van der Waals surface area (Å²) in [5.41, 5.74) is 1.24. The summed E-state index contributed by atoms with van der Waals surface area (Å²) in [5, 5.41) is 0. The van der Waals surface area contributed by atoms with E-state index in [-0.39, 0.29) is 0 Å². The Labute approximate surface area is 85.3 Å². The van der Waals surface area contributed by atoms with Crippen molar-refractivity contribution in [3.8, 4) is 0 Å². The fourth-order valence-corrected chi connectivity index (χ4v) is 2.39. The fourth-order valence-electron chi connectivity index (χ4n) is 0.783. The summed E-state index contributed by atoms with van der Waals surface area (Å²) in [6.07, 6.45) is 2.07. The molecule has 1 aromatic rings. The number of thiol groups is 1. The Morgan fingerprint density at radius 3 is 2.73 bits per heavy atom. The molecule has 1 rings (SSSR count). The minimum absolute atomic E-state index is 0.787. The molecule has 11 heavy (non-hydrogen) atoms. The Bertz CT molecular complexity index is 248. The summed E-state index contributed by atoms with van der Waals surface area (Å²) in [7, 11) is 0. The summed E-state index contributed by atoms with van der Waals surface area (Å²) in [6, 6.07) is 6.33. The predicted molar refractivity (Wildman–Crippen MR) is 58.6 cm³/mol. The van der Waals surface area contributed by atoms with Crippen LogP contribution in [0.5, 0.6) is 0 Å². The molecular weight excluding hydrogens is 240 g/mol. The van der Waals surface area contributed by atoms with E-state index in [1.807, 2.05) is 0 Å². The van der Waals surface area contributed by atoms with E-state index in [1.165, 1.54) is 10.5 Å². The average molecular weight is 249 g/mol. The molecule has 0 unspecified atom stereocenters. The van der Waals surface area contributed by atoms with Crippen LogP contribution in [0.15, 0.2) is 27.6 Å². The maximum atomic E-state index is 4.21. The zero-order valence-electron chi connectivity index (χ0n) is 6.17. The number of hydrogen-bond acceptors (Lipinski definition) is 2. The molecular formula is C8H9BrS2. The van der Waals surface area contributed by atoms with Gasteiger partial charge < -0.3 is 0 Å². The highest BCUT2D eigenvalue weighted by Crippen LogP contribution is 2.24. The van der Waals surface area contributed by atoms with E-state index in [9.17, 15) is 0 Å². The van der Waals surface area contributed by atoms with Crippen molar-refractivity contribution < 1.29 is 0 Å². The number of rotatable bonds is 2. The van der Waals surface area contributed by atoms with Crippen molar-refractivity contribution in [2.45, 2.75) is 10.6 Å². The molecule has 0 heterocycles. The topological polar surface area (TPSA) is 0 Å². The van der Waals surface area contributed by atoms with Crippen LogP contribution < -0.4 is 0 Å². The van der Waals surface area contributed by atoms with Crippen LogP contribution in [-0.2, 0) is 5.75 Å². The van der Waals surface area contributed by atoms with Gasteiger partial charge in [-0.25, -0.2) is 0 Å². The lowest BCUT2D eigenvalue weighted by Crippen LogP contribution is -1.80. The first-order chi connectivity index (χ1) is 5.27. The van der Waals surface area contributed by atoms with Crippen LogP contribution >= 0.6 is 40.3 Å². The van der Waals surface area contributed by atoms with Crippen LogP contribution in [0.4, 0.5) is 0 Å². The van der Waals surface area contributed by atoms with Crippen molar-refractivity contribution >= 4 is 40.3 Å². The first-order valence-corrected chi connectivity index (χ1v) is 5.86. The largest absolute Gasteiger partial charge is 0.175 e. The Balaban J connectivity index is 2.99. The van der Waals surface area contributed by atoms with Crippen molar-refractivity contribution in [3.63, 3.8) is 0 Å². The van der Waals surface area contributed by atoms with Crippen molar-refractivity contribution in [2.24, 2.45) is 0 Å². The highest BCUT2D eigenvalue weighted by Gasteiger charge is 1.97. The third-order valence-electron chi connectivity index (χ3n) is 1.43. The van der Waals surface area contributed by atoms with Crippen molar-refractivity contribution in [2.75, 3.05) is 6.26 Å². The third-order valence-corrected chi connectivity index (χ3v) is 3.23. The lowest BCUT2D eigenvalue weighted by atomic mass is 10.2. The fraction of sp³-hybridized carbons (Fsp3) is 0.250. The van der Waals surface area contributed by atoms with Gasteiger partial charge in [0.25, 0.3) is 0 Å². The second kappa shape index (κ2) is 4.43. The lowest BCUT2D eigenvalue weighted by molar-refractivity contribution is 1.32. The minimum atomic E-state index is 0.787. The molecule has 0 nitrogen and oxygen atoms in total. The zero-order valence-corrected chi connectivity index (χ0v) is 9.47. The first kappa shape index (κ1) is 9.49. The second-order valence-corrected chi connectivity index (χ2v) is 4.17. The lowest BCUT2D eigenvalue weighted by Gasteiger charge is -2.01. The van der Waals surface area contributed by atoms with E-state index in [4.69, 9.17) is 0 Å². The van der Waals surface area contributed by atoms with E-state index in [1.54, 1.807) is 11.8 Å². The highest BCUT2D eigenvalue weighted by atomic mass is 79.9. The van der Waals surface area contributed by atoms with E-state index < -0.39 is 0 Å². The molecule has 0 fully saturated rings. The molecule has 0 aromatic heterocycles. The molecule has 0 bridgehead atoms. The van der Waals surface area contributed by atoms with Gasteiger partial charge in [0.15, 0.2) is 0 Å². The SMILES string of the molecule is CSc1ccc(CS)c(Br)c1. The molecule has 0 saturated carbocycles. The van der Waals surface area contributed by atoms with Crippen LogP contribution in [0.1, 0.15) is 5.56 Å². The summed E-state index contributed by atoms with van der Waals surface area (Å²) in [5.74, 6) is 0.787. The summed E-state index contributed by atoms with van der Waals surface area (Å²) >= 11 is 9.44. The van der Waals surface area contributed by atoms with E-state index >= 15 is 0 Å². The molecule has 0 radical (unpaired) electrons. The average Bonchev–Trinajstić information content (AvgIpc) is 2.04. The van der Waals surface area contributed by atoms with Crippen LogP contribution in [0.3, 0.4) is 0 Å². The quantitative estimate of drug-likeness (QED) is 0.617. The first-order valence-electron chi connectivity index (χ1n) is 3.21. The van der Waals surface area contributed by atoms with Crippen molar-refractivity contribution in [1.29, 1.82) is 0 Å². The summed E-state index contributed by atoms with van der Waals surface area (Å²) in [4.78, 5) is 1.28. The molecule has 0 aliphatic rings.